The van der Waals surface area contributed by atoms with E-state index >= 15 is 0 Å². The molecule has 4 nitrogen and oxygen atoms in total. The molecule has 1 aromatic rings. The average Bonchev–Trinajstić information content (AvgIpc) is 2.17. The minimum Gasteiger partial charge on any atom is -0.293 e. The van der Waals surface area contributed by atoms with Gasteiger partial charge >= 0.3 is 0 Å². The molecule has 0 unspecified atom stereocenters. The molecule has 1 heterocycles. The number of ketones is 1. The van der Waals surface area contributed by atoms with Crippen LogP contribution in [0.3, 0.4) is 0 Å². The predicted octanol–water partition coefficient (Wildman–Crippen LogP) is 1.73. The maximum atomic E-state index is 11.6. The van der Waals surface area contributed by atoms with Crippen molar-refractivity contribution in [1.82, 2.24) is 4.98 Å². The van der Waals surface area contributed by atoms with Crippen molar-refractivity contribution < 1.29 is 13.2 Å². The van der Waals surface area contributed by atoms with Gasteiger partial charge in [-0.25, -0.2) is 8.42 Å². The maximum absolute atomic E-state index is 11.6. The van der Waals surface area contributed by atoms with Crippen LogP contribution in [0.25, 0.3) is 0 Å². The molecule has 0 bridgehead atoms. The molecule has 0 spiro atoms. The first kappa shape index (κ1) is 12.1. The van der Waals surface area contributed by atoms with Gasteiger partial charge < -0.3 is 0 Å². The Balaban J connectivity index is 3.51. The zero-order chi connectivity index (χ0) is 11.6. The monoisotopic (exact) mass is 247 g/mol. The first-order valence-corrected chi connectivity index (χ1v) is 6.30. The molecular weight excluding hydrogens is 238 g/mol. The molecule has 0 radical (unpaired) electrons. The molecule has 82 valence electrons. The molecule has 15 heavy (non-hydrogen) atoms. The Morgan fingerprint density at radius 2 is 2.13 bits per heavy atom. The Morgan fingerprint density at radius 3 is 2.60 bits per heavy atom. The van der Waals surface area contributed by atoms with Crippen LogP contribution in [0.2, 0.25) is 5.02 Å². The number of nitrogens with zero attached hydrogens (tertiary/aromatic N) is 1. The molecule has 0 saturated heterocycles. The second kappa shape index (κ2) is 4.28. The smallest absolute Gasteiger partial charge is 0.180 e. The molecule has 0 aliphatic carbocycles. The van der Waals surface area contributed by atoms with Crippen molar-refractivity contribution in [2.75, 3.05) is 5.75 Å². The summed E-state index contributed by atoms with van der Waals surface area (Å²) in [5, 5.41) is 0.201. The lowest BCUT2D eigenvalue weighted by molar-refractivity contribution is 0.100. The van der Waals surface area contributed by atoms with Crippen LogP contribution in [-0.2, 0) is 9.84 Å². The summed E-state index contributed by atoms with van der Waals surface area (Å²) in [6, 6.07) is 1.25. The first-order chi connectivity index (χ1) is 6.88. The number of Topliss-reactive ketones (excluding diaryl/α,β-unsaturated/α-hetero) is 1. The van der Waals surface area contributed by atoms with Gasteiger partial charge in [-0.1, -0.05) is 18.5 Å². The van der Waals surface area contributed by atoms with E-state index in [4.69, 9.17) is 11.6 Å². The molecule has 0 N–H and O–H groups in total. The van der Waals surface area contributed by atoms with Crippen LogP contribution in [0.1, 0.15) is 24.3 Å². The van der Waals surface area contributed by atoms with Gasteiger partial charge in [-0.15, -0.1) is 0 Å². The number of halogens is 1. The standard InChI is InChI=1S/C9H10ClNO3S/c1-3-15(13,14)8-4-7(10)5-11-9(8)6(2)12/h4-5H,3H2,1-2H3. The molecule has 1 aromatic heterocycles. The number of carbonyl (C=O) groups excluding carboxylic acids is 1. The van der Waals surface area contributed by atoms with E-state index in [1.54, 1.807) is 0 Å². The number of pyridine rings is 1. The Morgan fingerprint density at radius 1 is 1.53 bits per heavy atom. The SMILES string of the molecule is CCS(=O)(=O)c1cc(Cl)cnc1C(C)=O. The summed E-state index contributed by atoms with van der Waals surface area (Å²) in [6.07, 6.45) is 1.26. The molecule has 0 amide bonds. The van der Waals surface area contributed by atoms with Gasteiger partial charge in [0.2, 0.25) is 0 Å². The summed E-state index contributed by atoms with van der Waals surface area (Å²) >= 11 is 5.65. The Hall–Kier alpha value is -0.940. The third-order valence-corrected chi connectivity index (χ3v) is 3.82. The van der Waals surface area contributed by atoms with E-state index in [1.165, 1.54) is 26.1 Å². The van der Waals surface area contributed by atoms with Crippen molar-refractivity contribution in [3.63, 3.8) is 0 Å². The van der Waals surface area contributed by atoms with Crippen LogP contribution in [-0.4, -0.2) is 24.9 Å². The molecule has 0 aliphatic rings. The summed E-state index contributed by atoms with van der Waals surface area (Å²) in [6.45, 7) is 2.77. The van der Waals surface area contributed by atoms with E-state index in [0.717, 1.165) is 0 Å². The minimum absolute atomic E-state index is 0.0544. The van der Waals surface area contributed by atoms with Gasteiger partial charge in [0.05, 0.1) is 15.7 Å². The number of hydrogen-bond donors (Lipinski definition) is 0. The summed E-state index contributed by atoms with van der Waals surface area (Å²) in [5.41, 5.74) is -0.0544. The largest absolute Gasteiger partial charge is 0.293 e. The van der Waals surface area contributed by atoms with Crippen LogP contribution in [0.15, 0.2) is 17.2 Å². The van der Waals surface area contributed by atoms with Crippen molar-refractivity contribution in [1.29, 1.82) is 0 Å². The number of sulfone groups is 1. The van der Waals surface area contributed by atoms with Crippen molar-refractivity contribution in [2.45, 2.75) is 18.7 Å². The van der Waals surface area contributed by atoms with Gasteiger partial charge in [0.1, 0.15) is 5.69 Å². The molecular formula is C9H10ClNO3S. The fraction of sp³-hybridized carbons (Fsp3) is 0.333. The molecule has 0 saturated carbocycles. The van der Waals surface area contributed by atoms with E-state index in [9.17, 15) is 13.2 Å². The molecule has 0 fully saturated rings. The van der Waals surface area contributed by atoms with Crippen molar-refractivity contribution in [3.05, 3.63) is 23.0 Å². The molecule has 1 rings (SSSR count). The highest BCUT2D eigenvalue weighted by molar-refractivity contribution is 7.91. The summed E-state index contributed by atoms with van der Waals surface area (Å²) in [5.74, 6) is -0.478. The predicted molar refractivity (Wildman–Crippen MR) is 57.0 cm³/mol. The van der Waals surface area contributed by atoms with Crippen LogP contribution < -0.4 is 0 Å². The lowest BCUT2D eigenvalue weighted by Crippen LogP contribution is -2.11. The highest BCUT2D eigenvalue weighted by Crippen LogP contribution is 2.20. The van der Waals surface area contributed by atoms with E-state index in [0.29, 0.717) is 0 Å². The second-order valence-corrected chi connectivity index (χ2v) is 5.64. The highest BCUT2D eigenvalue weighted by atomic mass is 35.5. The van der Waals surface area contributed by atoms with Crippen molar-refractivity contribution in [3.8, 4) is 0 Å². The topological polar surface area (TPSA) is 64.1 Å². The number of carbonyl (C=O) groups is 1. The van der Waals surface area contributed by atoms with Gasteiger partial charge in [0.15, 0.2) is 15.6 Å². The molecule has 0 aromatic carbocycles. The van der Waals surface area contributed by atoms with Gasteiger partial charge in [0, 0.05) is 13.1 Å². The van der Waals surface area contributed by atoms with E-state index < -0.39 is 15.6 Å². The summed E-state index contributed by atoms with van der Waals surface area (Å²) in [7, 11) is -3.46. The number of aromatic nitrogens is 1. The van der Waals surface area contributed by atoms with Crippen LogP contribution in [0.4, 0.5) is 0 Å². The van der Waals surface area contributed by atoms with Crippen LogP contribution in [0, 0.1) is 0 Å². The Kier molecular flexibility index (Phi) is 3.46. The summed E-state index contributed by atoms with van der Waals surface area (Å²) < 4.78 is 23.3. The molecule has 6 heteroatoms. The van der Waals surface area contributed by atoms with Gasteiger partial charge in [-0.2, -0.15) is 0 Å². The van der Waals surface area contributed by atoms with Gasteiger partial charge in [0.25, 0.3) is 0 Å². The minimum atomic E-state index is -3.46. The quantitative estimate of drug-likeness (QED) is 0.763. The third-order valence-electron chi connectivity index (χ3n) is 1.87. The van der Waals surface area contributed by atoms with Gasteiger partial charge in [-0.05, 0) is 6.07 Å². The van der Waals surface area contributed by atoms with Crippen LogP contribution in [0.5, 0.6) is 0 Å². The first-order valence-electron chi connectivity index (χ1n) is 4.27. The average molecular weight is 248 g/mol. The fourth-order valence-corrected chi connectivity index (χ4v) is 2.41. The highest BCUT2D eigenvalue weighted by Gasteiger charge is 2.20. The molecule has 0 atom stereocenters. The lowest BCUT2D eigenvalue weighted by Gasteiger charge is -2.05. The number of hydrogen-bond acceptors (Lipinski definition) is 4. The second-order valence-electron chi connectivity index (χ2n) is 2.96. The molecule has 0 aliphatic heterocycles. The normalized spacial score (nSPS) is 11.4. The van der Waals surface area contributed by atoms with Crippen LogP contribution >= 0.6 is 11.6 Å². The number of rotatable bonds is 3. The van der Waals surface area contributed by atoms with E-state index in [-0.39, 0.29) is 21.4 Å². The Bertz CT molecular complexity index is 496. The van der Waals surface area contributed by atoms with E-state index in [1.807, 2.05) is 0 Å². The van der Waals surface area contributed by atoms with E-state index in [2.05, 4.69) is 4.98 Å². The Labute approximate surface area is 93.2 Å². The van der Waals surface area contributed by atoms with Crippen molar-refractivity contribution in [2.24, 2.45) is 0 Å². The van der Waals surface area contributed by atoms with Gasteiger partial charge in [-0.3, -0.25) is 9.78 Å². The maximum Gasteiger partial charge on any atom is 0.180 e. The zero-order valence-electron chi connectivity index (χ0n) is 8.32. The lowest BCUT2D eigenvalue weighted by atomic mass is 10.3. The fourth-order valence-electron chi connectivity index (χ4n) is 1.08. The van der Waals surface area contributed by atoms with Crippen molar-refractivity contribution >= 4 is 27.2 Å². The third kappa shape index (κ3) is 2.54. The summed E-state index contributed by atoms with van der Waals surface area (Å²) in [4.78, 5) is 14.8. The zero-order valence-corrected chi connectivity index (χ0v) is 9.89.